The molecule has 1 spiro atoms. The zero-order chi connectivity index (χ0) is 20.9. The molecule has 3 aromatic rings. The van der Waals surface area contributed by atoms with E-state index in [0.717, 1.165) is 30.3 Å². The van der Waals surface area contributed by atoms with Gasteiger partial charge in [0, 0.05) is 44.9 Å². The number of ether oxygens (including phenoxy) is 1. The number of para-hydroxylation sites is 1. The summed E-state index contributed by atoms with van der Waals surface area (Å²) in [6, 6.07) is 16.6. The van der Waals surface area contributed by atoms with Crippen molar-refractivity contribution < 1.29 is 9.53 Å². The largest absolute Gasteiger partial charge is 0.377 e. The molecule has 1 unspecified atom stereocenters. The molecule has 0 saturated carbocycles. The van der Waals surface area contributed by atoms with Gasteiger partial charge in [-0.1, -0.05) is 35.9 Å². The SMILES string of the molecule is COC1CN(c2ccc(C)cc2)C12CCN(C(=O)c1nn(C)c3ccccc13)CC2. The smallest absolute Gasteiger partial charge is 0.275 e. The fourth-order valence-corrected chi connectivity index (χ4v) is 5.17. The van der Waals surface area contributed by atoms with Gasteiger partial charge in [0.15, 0.2) is 5.69 Å². The van der Waals surface area contributed by atoms with Crippen LogP contribution in [-0.2, 0) is 11.8 Å². The number of anilines is 1. The van der Waals surface area contributed by atoms with Crippen LogP contribution in [0, 0.1) is 6.92 Å². The molecule has 30 heavy (non-hydrogen) atoms. The first-order valence-corrected chi connectivity index (χ1v) is 10.6. The molecule has 3 heterocycles. The van der Waals surface area contributed by atoms with Crippen LogP contribution in [0.15, 0.2) is 48.5 Å². The number of aryl methyl sites for hydroxylation is 2. The van der Waals surface area contributed by atoms with E-state index in [2.05, 4.69) is 41.2 Å². The minimum absolute atomic E-state index is 0.0248. The number of methoxy groups -OCH3 is 1. The summed E-state index contributed by atoms with van der Waals surface area (Å²) < 4.78 is 7.63. The number of fused-ring (bicyclic) bond motifs is 1. The summed E-state index contributed by atoms with van der Waals surface area (Å²) in [5, 5.41) is 5.45. The molecule has 2 aromatic carbocycles. The van der Waals surface area contributed by atoms with E-state index in [1.54, 1.807) is 11.8 Å². The van der Waals surface area contributed by atoms with E-state index in [4.69, 9.17) is 4.74 Å². The van der Waals surface area contributed by atoms with Crippen LogP contribution in [0.5, 0.6) is 0 Å². The Hall–Kier alpha value is -2.86. The summed E-state index contributed by atoms with van der Waals surface area (Å²) in [5.74, 6) is 0.0248. The highest BCUT2D eigenvalue weighted by atomic mass is 16.5. The number of piperidine rings is 1. The molecule has 2 fully saturated rings. The molecule has 2 aliphatic rings. The fraction of sp³-hybridized carbons (Fsp3) is 0.417. The van der Waals surface area contributed by atoms with Crippen molar-refractivity contribution in [2.24, 2.45) is 7.05 Å². The summed E-state index contributed by atoms with van der Waals surface area (Å²) >= 11 is 0. The summed E-state index contributed by atoms with van der Waals surface area (Å²) in [6.45, 7) is 4.44. The minimum atomic E-state index is -0.0347. The Balaban J connectivity index is 1.36. The summed E-state index contributed by atoms with van der Waals surface area (Å²) in [7, 11) is 3.69. The highest BCUT2D eigenvalue weighted by Crippen LogP contribution is 2.44. The number of nitrogens with zero attached hydrogens (tertiary/aromatic N) is 4. The summed E-state index contributed by atoms with van der Waals surface area (Å²) in [6.07, 6.45) is 2.00. The second-order valence-electron chi connectivity index (χ2n) is 8.56. The number of carbonyl (C=O) groups is 1. The van der Waals surface area contributed by atoms with Crippen LogP contribution < -0.4 is 4.90 Å². The van der Waals surface area contributed by atoms with Gasteiger partial charge in [-0.3, -0.25) is 9.48 Å². The Labute approximate surface area is 177 Å². The van der Waals surface area contributed by atoms with Gasteiger partial charge in [-0.25, -0.2) is 0 Å². The molecule has 6 heteroatoms. The molecule has 5 rings (SSSR count). The normalized spacial score (nSPS) is 20.6. The van der Waals surface area contributed by atoms with Crippen LogP contribution in [0.2, 0.25) is 0 Å². The molecule has 0 aliphatic carbocycles. The van der Waals surface area contributed by atoms with Gasteiger partial charge >= 0.3 is 0 Å². The number of amides is 1. The molecule has 2 aliphatic heterocycles. The maximum atomic E-state index is 13.3. The summed E-state index contributed by atoms with van der Waals surface area (Å²) in [5.41, 5.74) is 4.01. The third-order valence-corrected chi connectivity index (χ3v) is 6.99. The third-order valence-electron chi connectivity index (χ3n) is 6.99. The number of aromatic nitrogens is 2. The van der Waals surface area contributed by atoms with E-state index in [1.165, 1.54) is 11.3 Å². The van der Waals surface area contributed by atoms with Crippen LogP contribution in [0.25, 0.3) is 10.9 Å². The van der Waals surface area contributed by atoms with Crippen LogP contribution in [0.3, 0.4) is 0 Å². The number of hydrogen-bond acceptors (Lipinski definition) is 4. The highest BCUT2D eigenvalue weighted by molar-refractivity contribution is 6.04. The lowest BCUT2D eigenvalue weighted by atomic mass is 9.73. The first-order chi connectivity index (χ1) is 14.5. The second-order valence-corrected chi connectivity index (χ2v) is 8.56. The molecule has 0 N–H and O–H groups in total. The quantitative estimate of drug-likeness (QED) is 0.672. The van der Waals surface area contributed by atoms with Crippen molar-refractivity contribution in [1.82, 2.24) is 14.7 Å². The number of carbonyl (C=O) groups excluding carboxylic acids is 1. The molecular formula is C24H28N4O2. The van der Waals surface area contributed by atoms with Crippen LogP contribution in [-0.4, -0.2) is 59.0 Å². The van der Waals surface area contributed by atoms with Gasteiger partial charge in [-0.2, -0.15) is 5.10 Å². The predicted octanol–water partition coefficient (Wildman–Crippen LogP) is 3.39. The van der Waals surface area contributed by atoms with Crippen molar-refractivity contribution in [3.8, 4) is 0 Å². The maximum absolute atomic E-state index is 13.3. The van der Waals surface area contributed by atoms with Crippen LogP contribution in [0.4, 0.5) is 5.69 Å². The van der Waals surface area contributed by atoms with Crippen molar-refractivity contribution in [2.45, 2.75) is 31.4 Å². The Bertz CT molecular complexity index is 1080. The van der Waals surface area contributed by atoms with E-state index >= 15 is 0 Å². The lowest BCUT2D eigenvalue weighted by molar-refractivity contribution is -0.0433. The lowest BCUT2D eigenvalue weighted by Crippen LogP contribution is -2.74. The number of hydrogen-bond donors (Lipinski definition) is 0. The molecule has 1 atom stereocenters. The van der Waals surface area contributed by atoms with Crippen molar-refractivity contribution in [3.05, 3.63) is 59.8 Å². The van der Waals surface area contributed by atoms with Gasteiger partial charge < -0.3 is 14.5 Å². The lowest BCUT2D eigenvalue weighted by Gasteiger charge is -2.61. The van der Waals surface area contributed by atoms with Crippen molar-refractivity contribution in [1.29, 1.82) is 0 Å². The van der Waals surface area contributed by atoms with Gasteiger partial charge in [-0.05, 0) is 38.0 Å². The molecule has 1 aromatic heterocycles. The van der Waals surface area contributed by atoms with E-state index in [0.29, 0.717) is 18.8 Å². The molecule has 2 saturated heterocycles. The predicted molar refractivity (Wildman–Crippen MR) is 118 cm³/mol. The van der Waals surface area contributed by atoms with E-state index in [1.807, 2.05) is 36.2 Å². The molecule has 0 bridgehead atoms. The van der Waals surface area contributed by atoms with Crippen molar-refractivity contribution in [3.63, 3.8) is 0 Å². The first-order valence-electron chi connectivity index (χ1n) is 10.6. The van der Waals surface area contributed by atoms with Gasteiger partial charge in [-0.15, -0.1) is 0 Å². The highest BCUT2D eigenvalue weighted by Gasteiger charge is 2.55. The van der Waals surface area contributed by atoms with Crippen LogP contribution in [0.1, 0.15) is 28.9 Å². The van der Waals surface area contributed by atoms with Gasteiger partial charge in [0.1, 0.15) is 0 Å². The third kappa shape index (κ3) is 2.82. The second kappa shape index (κ2) is 7.13. The maximum Gasteiger partial charge on any atom is 0.275 e. The molecule has 6 nitrogen and oxygen atoms in total. The molecular weight excluding hydrogens is 376 g/mol. The molecule has 156 valence electrons. The van der Waals surface area contributed by atoms with E-state index < -0.39 is 0 Å². The van der Waals surface area contributed by atoms with Crippen LogP contribution >= 0.6 is 0 Å². The molecule has 1 amide bonds. The average Bonchev–Trinajstić information content (AvgIpc) is 3.11. The zero-order valence-electron chi connectivity index (χ0n) is 17.8. The Kier molecular flexibility index (Phi) is 4.54. The Morgan fingerprint density at radius 3 is 2.50 bits per heavy atom. The first kappa shape index (κ1) is 19.1. The monoisotopic (exact) mass is 404 g/mol. The zero-order valence-corrected chi connectivity index (χ0v) is 17.8. The topological polar surface area (TPSA) is 50.6 Å². The summed E-state index contributed by atoms with van der Waals surface area (Å²) in [4.78, 5) is 17.7. The standard InChI is InChI=1S/C24H28N4O2/c1-17-8-10-18(11-9-17)28-16-21(30-3)24(28)12-14-27(15-13-24)23(29)22-19-6-4-5-7-20(19)26(2)25-22/h4-11,21H,12-16H2,1-3H3. The average molecular weight is 405 g/mol. The Morgan fingerprint density at radius 2 is 1.80 bits per heavy atom. The molecule has 0 radical (unpaired) electrons. The van der Waals surface area contributed by atoms with Crippen molar-refractivity contribution in [2.75, 3.05) is 31.6 Å². The fourth-order valence-electron chi connectivity index (χ4n) is 5.17. The van der Waals surface area contributed by atoms with Gasteiger partial charge in [0.2, 0.25) is 0 Å². The number of likely N-dealkylation sites (tertiary alicyclic amines) is 1. The van der Waals surface area contributed by atoms with Gasteiger partial charge in [0.05, 0.1) is 17.2 Å². The van der Waals surface area contributed by atoms with Crippen molar-refractivity contribution >= 4 is 22.5 Å². The van der Waals surface area contributed by atoms with E-state index in [9.17, 15) is 4.79 Å². The number of rotatable bonds is 3. The van der Waals surface area contributed by atoms with E-state index in [-0.39, 0.29) is 17.6 Å². The van der Waals surface area contributed by atoms with Gasteiger partial charge in [0.25, 0.3) is 5.91 Å². The number of benzene rings is 2. The minimum Gasteiger partial charge on any atom is -0.377 e. The Morgan fingerprint density at radius 1 is 1.10 bits per heavy atom.